The highest BCUT2D eigenvalue weighted by molar-refractivity contribution is 8.15. The number of carbonyl (C=O) groups is 3. The van der Waals surface area contributed by atoms with E-state index in [0.717, 1.165) is 22.2 Å². The fraction of sp³-hybridized carbons (Fsp3) is 0.154. The highest BCUT2D eigenvalue weighted by Gasteiger charge is 2.41. The number of amides is 2. The van der Waals surface area contributed by atoms with Crippen LogP contribution in [0, 0.1) is 5.82 Å². The van der Waals surface area contributed by atoms with Gasteiger partial charge in [0.05, 0.1) is 17.8 Å². The second kappa shape index (κ2) is 10.3. The van der Waals surface area contributed by atoms with E-state index in [9.17, 15) is 18.8 Å². The van der Waals surface area contributed by atoms with Gasteiger partial charge in [0.1, 0.15) is 11.1 Å². The van der Waals surface area contributed by atoms with Crippen LogP contribution >= 0.6 is 11.8 Å². The molecule has 2 aliphatic rings. The number of anilines is 2. The van der Waals surface area contributed by atoms with Gasteiger partial charge in [0.25, 0.3) is 0 Å². The van der Waals surface area contributed by atoms with E-state index < -0.39 is 28.9 Å². The Bertz CT molecular complexity index is 1390. The first-order valence-electron chi connectivity index (χ1n) is 11.2. The van der Waals surface area contributed by atoms with E-state index in [1.807, 2.05) is 12.1 Å². The van der Waals surface area contributed by atoms with Gasteiger partial charge in [0, 0.05) is 12.1 Å². The van der Waals surface area contributed by atoms with E-state index in [0.29, 0.717) is 28.0 Å². The predicted octanol–water partition coefficient (Wildman–Crippen LogP) is 4.29. The van der Waals surface area contributed by atoms with Crippen molar-refractivity contribution >= 4 is 46.1 Å². The third-order valence-electron chi connectivity index (χ3n) is 5.67. The number of halogens is 1. The molecule has 0 unspecified atom stereocenters. The molecule has 2 heterocycles. The lowest BCUT2D eigenvalue weighted by atomic mass is 10.2. The van der Waals surface area contributed by atoms with Gasteiger partial charge < -0.3 is 19.9 Å². The molecule has 1 atom stereocenters. The number of rotatable bonds is 6. The standard InChI is InChI=1S/C26H20FN3O6S/c27-17-4-6-18(7-5-17)29-26(28-13-15-1-10-20-21(11-15)36-14-35-20)37-22-12-23(31)30(24(22)32)19-8-2-16(3-9-19)25(33)34/h1-11,22H,12-14H2,(H,28,29)(H,33,34)/t22-/m0/s1. The van der Waals surface area contributed by atoms with Crippen LogP contribution in [-0.4, -0.2) is 40.1 Å². The van der Waals surface area contributed by atoms with Gasteiger partial charge in [-0.15, -0.1) is 0 Å². The van der Waals surface area contributed by atoms with Gasteiger partial charge in [-0.05, 0) is 66.2 Å². The minimum atomic E-state index is -1.10. The average molecular weight is 522 g/mol. The molecule has 0 aromatic heterocycles. The fourth-order valence-electron chi connectivity index (χ4n) is 3.82. The lowest BCUT2D eigenvalue weighted by Crippen LogP contribution is -2.31. The van der Waals surface area contributed by atoms with Crippen molar-refractivity contribution in [3.05, 3.63) is 83.7 Å². The predicted molar refractivity (Wildman–Crippen MR) is 136 cm³/mol. The minimum Gasteiger partial charge on any atom is -0.478 e. The molecule has 3 aromatic carbocycles. The Morgan fingerprint density at radius 2 is 1.78 bits per heavy atom. The monoisotopic (exact) mass is 521 g/mol. The summed E-state index contributed by atoms with van der Waals surface area (Å²) in [5.74, 6) is -1.06. The molecular formula is C26H20FN3O6S. The lowest BCUT2D eigenvalue weighted by Gasteiger charge is -2.16. The fourth-order valence-corrected chi connectivity index (χ4v) is 4.84. The Kier molecular flexibility index (Phi) is 6.78. The topological polar surface area (TPSA) is 118 Å². The smallest absolute Gasteiger partial charge is 0.335 e. The van der Waals surface area contributed by atoms with Crippen molar-refractivity contribution in [3.63, 3.8) is 0 Å². The largest absolute Gasteiger partial charge is 0.478 e. The van der Waals surface area contributed by atoms with Crippen LogP contribution in [0.15, 0.2) is 71.7 Å². The van der Waals surface area contributed by atoms with E-state index in [4.69, 9.17) is 14.6 Å². The molecule has 3 aromatic rings. The zero-order valence-electron chi connectivity index (χ0n) is 19.2. The number of nitrogens with zero attached hydrogens (tertiary/aromatic N) is 2. The molecule has 37 heavy (non-hydrogen) atoms. The molecule has 0 aliphatic carbocycles. The van der Waals surface area contributed by atoms with Crippen molar-refractivity contribution in [3.8, 4) is 11.5 Å². The second-order valence-corrected chi connectivity index (χ2v) is 9.36. The Labute approximate surface area is 214 Å². The van der Waals surface area contributed by atoms with E-state index in [2.05, 4.69) is 10.3 Å². The Hall–Kier alpha value is -4.38. The first-order valence-corrected chi connectivity index (χ1v) is 12.1. The third-order valence-corrected chi connectivity index (χ3v) is 6.78. The number of aromatic carboxylic acids is 1. The van der Waals surface area contributed by atoms with Crippen LogP contribution in [0.4, 0.5) is 15.8 Å². The molecule has 2 N–H and O–H groups in total. The summed E-state index contributed by atoms with van der Waals surface area (Å²) in [7, 11) is 0. The second-order valence-electron chi connectivity index (χ2n) is 8.17. The maximum atomic E-state index is 13.4. The van der Waals surface area contributed by atoms with E-state index >= 15 is 0 Å². The minimum absolute atomic E-state index is 0.0511. The van der Waals surface area contributed by atoms with Crippen LogP contribution in [-0.2, 0) is 16.1 Å². The molecule has 0 saturated carbocycles. The van der Waals surface area contributed by atoms with Gasteiger partial charge in [0.2, 0.25) is 18.6 Å². The maximum Gasteiger partial charge on any atom is 0.335 e. The van der Waals surface area contributed by atoms with Gasteiger partial charge in [-0.2, -0.15) is 0 Å². The molecular weight excluding hydrogens is 501 g/mol. The zero-order chi connectivity index (χ0) is 25.9. The van der Waals surface area contributed by atoms with Crippen molar-refractivity contribution in [2.45, 2.75) is 18.2 Å². The number of thioether (sulfide) groups is 1. The van der Waals surface area contributed by atoms with Crippen LogP contribution in [0.2, 0.25) is 0 Å². The van der Waals surface area contributed by atoms with Crippen molar-refractivity contribution in [1.82, 2.24) is 0 Å². The summed E-state index contributed by atoms with van der Waals surface area (Å²) in [6, 6.07) is 16.7. The highest BCUT2D eigenvalue weighted by Crippen LogP contribution is 2.34. The van der Waals surface area contributed by atoms with E-state index in [1.165, 1.54) is 36.4 Å². The third kappa shape index (κ3) is 5.41. The lowest BCUT2D eigenvalue weighted by molar-refractivity contribution is -0.121. The zero-order valence-corrected chi connectivity index (χ0v) is 20.0. The Morgan fingerprint density at radius 3 is 2.51 bits per heavy atom. The molecule has 0 spiro atoms. The van der Waals surface area contributed by atoms with E-state index in [1.54, 1.807) is 18.2 Å². The molecule has 188 valence electrons. The molecule has 0 bridgehead atoms. The number of carbonyl (C=O) groups excluding carboxylic acids is 2. The van der Waals surface area contributed by atoms with Gasteiger partial charge in [-0.25, -0.2) is 14.1 Å². The summed E-state index contributed by atoms with van der Waals surface area (Å²) in [5, 5.41) is 11.8. The SMILES string of the molecule is O=C(O)c1ccc(N2C(=O)C[C@H](SC(=NCc3ccc4c(c3)OCO4)Nc3ccc(F)cc3)C2=O)cc1. The van der Waals surface area contributed by atoms with Crippen molar-refractivity contribution < 1.29 is 33.4 Å². The van der Waals surface area contributed by atoms with Crippen LogP contribution < -0.4 is 19.7 Å². The van der Waals surface area contributed by atoms with Gasteiger partial charge in [0.15, 0.2) is 16.7 Å². The number of amidine groups is 1. The number of hydrogen-bond donors (Lipinski definition) is 2. The maximum absolute atomic E-state index is 13.4. The Balaban J connectivity index is 1.36. The van der Waals surface area contributed by atoms with Crippen LogP contribution in [0.5, 0.6) is 11.5 Å². The number of aliphatic imine (C=N–C) groups is 1. The molecule has 1 saturated heterocycles. The first-order chi connectivity index (χ1) is 17.9. The quantitative estimate of drug-likeness (QED) is 0.280. The molecule has 9 nitrogen and oxygen atoms in total. The molecule has 0 radical (unpaired) electrons. The number of ether oxygens (including phenoxy) is 2. The number of fused-ring (bicyclic) bond motifs is 1. The van der Waals surface area contributed by atoms with Gasteiger partial charge >= 0.3 is 5.97 Å². The van der Waals surface area contributed by atoms with E-state index in [-0.39, 0.29) is 25.3 Å². The number of carboxylic acids is 1. The number of carboxylic acid groups (broad SMARTS) is 1. The van der Waals surface area contributed by atoms with Gasteiger partial charge in [-0.3, -0.25) is 14.6 Å². The summed E-state index contributed by atoms with van der Waals surface area (Å²) >= 11 is 1.10. The summed E-state index contributed by atoms with van der Waals surface area (Å²) in [5.41, 5.74) is 1.76. The van der Waals surface area contributed by atoms with Gasteiger partial charge in [-0.1, -0.05) is 17.8 Å². The molecule has 11 heteroatoms. The number of benzene rings is 3. The number of imide groups is 1. The number of hydrogen-bond acceptors (Lipinski definition) is 7. The molecule has 2 amide bonds. The van der Waals surface area contributed by atoms with Crippen molar-refractivity contribution in [2.24, 2.45) is 4.99 Å². The summed E-state index contributed by atoms with van der Waals surface area (Å²) < 4.78 is 24.1. The highest BCUT2D eigenvalue weighted by atomic mass is 32.2. The molecule has 1 fully saturated rings. The average Bonchev–Trinajstić information content (AvgIpc) is 3.47. The Morgan fingerprint density at radius 1 is 1.05 bits per heavy atom. The number of nitrogens with one attached hydrogen (secondary N) is 1. The summed E-state index contributed by atoms with van der Waals surface area (Å²) in [6.45, 7) is 0.408. The van der Waals surface area contributed by atoms with Crippen LogP contribution in [0.25, 0.3) is 0 Å². The van der Waals surface area contributed by atoms with Crippen LogP contribution in [0.3, 0.4) is 0 Å². The summed E-state index contributed by atoms with van der Waals surface area (Å²) in [4.78, 5) is 42.7. The van der Waals surface area contributed by atoms with Crippen LogP contribution in [0.1, 0.15) is 22.3 Å². The van der Waals surface area contributed by atoms with Crippen molar-refractivity contribution in [2.75, 3.05) is 17.0 Å². The molecule has 2 aliphatic heterocycles. The summed E-state index contributed by atoms with van der Waals surface area (Å²) in [6.07, 6.45) is -0.0572. The molecule has 5 rings (SSSR count). The first kappa shape index (κ1) is 24.3. The van der Waals surface area contributed by atoms with Crippen molar-refractivity contribution in [1.29, 1.82) is 0 Å². The normalized spacial score (nSPS) is 16.8.